The smallest absolute Gasteiger partial charge is 0.231 e. The molecule has 5 heteroatoms. The Labute approximate surface area is 113 Å². The highest BCUT2D eigenvalue weighted by Crippen LogP contribution is 2.29. The van der Waals surface area contributed by atoms with Gasteiger partial charge < -0.3 is 15.4 Å². The van der Waals surface area contributed by atoms with Crippen LogP contribution in [0.4, 0.5) is 10.1 Å². The second-order valence-electron chi connectivity index (χ2n) is 4.80. The minimum atomic E-state index is -0.413. The second-order valence-corrected chi connectivity index (χ2v) is 4.80. The van der Waals surface area contributed by atoms with Gasteiger partial charge in [0, 0.05) is 19.7 Å². The van der Waals surface area contributed by atoms with Gasteiger partial charge in [0.25, 0.3) is 0 Å². The number of anilines is 1. The normalized spacial score (nSPS) is 12.4. The summed E-state index contributed by atoms with van der Waals surface area (Å²) in [5, 5.41) is 0. The van der Waals surface area contributed by atoms with Gasteiger partial charge in [0.15, 0.2) is 0 Å². The van der Waals surface area contributed by atoms with E-state index in [2.05, 4.69) is 0 Å². The SMILES string of the molecule is COc1ccc(F)cc1N(C)C(=O)C(CN)C(C)C. The third-order valence-corrected chi connectivity index (χ3v) is 3.21. The fraction of sp³-hybridized carbons (Fsp3) is 0.500. The van der Waals surface area contributed by atoms with Crippen LogP contribution in [-0.4, -0.2) is 26.6 Å². The molecule has 0 heterocycles. The molecule has 19 heavy (non-hydrogen) atoms. The summed E-state index contributed by atoms with van der Waals surface area (Å²) in [6, 6.07) is 4.08. The Kier molecular flexibility index (Phi) is 5.30. The van der Waals surface area contributed by atoms with Gasteiger partial charge >= 0.3 is 0 Å². The highest BCUT2D eigenvalue weighted by atomic mass is 19.1. The molecule has 0 bridgehead atoms. The number of carbonyl (C=O) groups is 1. The minimum Gasteiger partial charge on any atom is -0.495 e. The zero-order valence-corrected chi connectivity index (χ0v) is 11.8. The number of ether oxygens (including phenoxy) is 1. The second kappa shape index (κ2) is 6.52. The molecule has 1 atom stereocenters. The lowest BCUT2D eigenvalue weighted by atomic mass is 9.94. The molecule has 0 aromatic heterocycles. The third-order valence-electron chi connectivity index (χ3n) is 3.21. The Bertz CT molecular complexity index is 449. The van der Waals surface area contributed by atoms with Crippen LogP contribution in [0, 0.1) is 17.7 Å². The number of nitrogens with two attached hydrogens (primary N) is 1. The number of amides is 1. The number of halogens is 1. The van der Waals surface area contributed by atoms with E-state index in [1.165, 1.54) is 30.2 Å². The summed E-state index contributed by atoms with van der Waals surface area (Å²) in [6.45, 7) is 4.14. The minimum absolute atomic E-state index is 0.125. The van der Waals surface area contributed by atoms with Gasteiger partial charge in [-0.2, -0.15) is 0 Å². The van der Waals surface area contributed by atoms with Gasteiger partial charge in [-0.1, -0.05) is 13.8 Å². The van der Waals surface area contributed by atoms with Crippen LogP contribution in [0.25, 0.3) is 0 Å². The van der Waals surface area contributed by atoms with Gasteiger partial charge in [0.05, 0.1) is 18.7 Å². The van der Waals surface area contributed by atoms with Crippen LogP contribution >= 0.6 is 0 Å². The number of hydrogen-bond donors (Lipinski definition) is 1. The average molecular weight is 268 g/mol. The van der Waals surface area contributed by atoms with Crippen molar-refractivity contribution in [2.75, 3.05) is 25.6 Å². The number of hydrogen-bond acceptors (Lipinski definition) is 3. The molecule has 0 saturated heterocycles. The molecule has 0 saturated carbocycles. The van der Waals surface area contributed by atoms with Crippen molar-refractivity contribution in [1.29, 1.82) is 0 Å². The summed E-state index contributed by atoms with van der Waals surface area (Å²) in [4.78, 5) is 13.8. The molecule has 0 fully saturated rings. The van der Waals surface area contributed by atoms with Crippen LogP contribution in [0.2, 0.25) is 0 Å². The van der Waals surface area contributed by atoms with Crippen LogP contribution in [0.1, 0.15) is 13.8 Å². The van der Waals surface area contributed by atoms with Gasteiger partial charge in [-0.25, -0.2) is 4.39 Å². The van der Waals surface area contributed by atoms with E-state index in [-0.39, 0.29) is 24.3 Å². The van der Waals surface area contributed by atoms with E-state index in [4.69, 9.17) is 10.5 Å². The Hall–Kier alpha value is -1.62. The zero-order valence-electron chi connectivity index (χ0n) is 11.8. The number of benzene rings is 1. The Morgan fingerprint density at radius 3 is 2.58 bits per heavy atom. The molecule has 1 aromatic rings. The Morgan fingerprint density at radius 2 is 2.11 bits per heavy atom. The standard InChI is InChI=1S/C14H21FN2O2/c1-9(2)11(8-16)14(18)17(3)12-7-10(15)5-6-13(12)19-4/h5-7,9,11H,8,16H2,1-4H3. The lowest BCUT2D eigenvalue weighted by molar-refractivity contribution is -0.123. The molecule has 106 valence electrons. The highest BCUT2D eigenvalue weighted by Gasteiger charge is 2.26. The summed E-state index contributed by atoms with van der Waals surface area (Å²) < 4.78 is 18.5. The lowest BCUT2D eigenvalue weighted by Crippen LogP contribution is -2.39. The van der Waals surface area contributed by atoms with Crippen molar-refractivity contribution in [3.05, 3.63) is 24.0 Å². The van der Waals surface area contributed by atoms with E-state index in [1.807, 2.05) is 13.8 Å². The monoisotopic (exact) mass is 268 g/mol. The van der Waals surface area contributed by atoms with Crippen molar-refractivity contribution in [3.8, 4) is 5.75 Å². The average Bonchev–Trinajstić information content (AvgIpc) is 2.38. The van der Waals surface area contributed by atoms with Crippen molar-refractivity contribution in [2.45, 2.75) is 13.8 Å². The largest absolute Gasteiger partial charge is 0.495 e. The molecule has 1 unspecified atom stereocenters. The van der Waals surface area contributed by atoms with Crippen molar-refractivity contribution < 1.29 is 13.9 Å². The number of rotatable bonds is 5. The van der Waals surface area contributed by atoms with E-state index in [0.717, 1.165) is 0 Å². The van der Waals surface area contributed by atoms with Crippen LogP contribution < -0.4 is 15.4 Å². The summed E-state index contributed by atoms with van der Waals surface area (Å²) in [5.41, 5.74) is 6.05. The van der Waals surface area contributed by atoms with Crippen LogP contribution in [-0.2, 0) is 4.79 Å². The van der Waals surface area contributed by atoms with E-state index >= 15 is 0 Å². The summed E-state index contributed by atoms with van der Waals surface area (Å²) in [5.74, 6) is -0.264. The molecule has 0 radical (unpaired) electrons. The summed E-state index contributed by atoms with van der Waals surface area (Å²) >= 11 is 0. The predicted octanol–water partition coefficient (Wildman–Crippen LogP) is 2.03. The lowest BCUT2D eigenvalue weighted by Gasteiger charge is -2.26. The molecule has 0 spiro atoms. The maximum absolute atomic E-state index is 13.3. The van der Waals surface area contributed by atoms with E-state index in [9.17, 15) is 9.18 Å². The maximum atomic E-state index is 13.3. The molecular formula is C14H21FN2O2. The van der Waals surface area contributed by atoms with Crippen molar-refractivity contribution in [2.24, 2.45) is 17.6 Å². The first kappa shape index (κ1) is 15.4. The number of nitrogens with zero attached hydrogens (tertiary/aromatic N) is 1. The van der Waals surface area contributed by atoms with Crippen LogP contribution in [0.3, 0.4) is 0 Å². The quantitative estimate of drug-likeness (QED) is 0.889. The first-order chi connectivity index (χ1) is 8.92. The first-order valence-corrected chi connectivity index (χ1v) is 6.23. The number of methoxy groups -OCH3 is 1. The molecule has 0 aliphatic rings. The molecule has 0 aliphatic carbocycles. The van der Waals surface area contributed by atoms with E-state index in [0.29, 0.717) is 11.4 Å². The van der Waals surface area contributed by atoms with E-state index in [1.54, 1.807) is 7.05 Å². The molecule has 1 aromatic carbocycles. The zero-order chi connectivity index (χ0) is 14.6. The van der Waals surface area contributed by atoms with E-state index < -0.39 is 5.82 Å². The van der Waals surface area contributed by atoms with Gasteiger partial charge in [0.2, 0.25) is 5.91 Å². The summed E-state index contributed by atoms with van der Waals surface area (Å²) in [7, 11) is 3.09. The number of carbonyl (C=O) groups excluding carboxylic acids is 1. The van der Waals surface area contributed by atoms with Crippen LogP contribution in [0.5, 0.6) is 5.75 Å². The fourth-order valence-corrected chi connectivity index (χ4v) is 1.95. The van der Waals surface area contributed by atoms with Gasteiger partial charge in [-0.3, -0.25) is 4.79 Å². The maximum Gasteiger partial charge on any atom is 0.231 e. The topological polar surface area (TPSA) is 55.6 Å². The molecule has 1 amide bonds. The van der Waals surface area contributed by atoms with Crippen molar-refractivity contribution in [1.82, 2.24) is 0 Å². The van der Waals surface area contributed by atoms with Crippen molar-refractivity contribution >= 4 is 11.6 Å². The molecule has 0 aliphatic heterocycles. The molecule has 2 N–H and O–H groups in total. The fourth-order valence-electron chi connectivity index (χ4n) is 1.95. The Balaban J connectivity index is 3.08. The van der Waals surface area contributed by atoms with Gasteiger partial charge in [0.1, 0.15) is 11.6 Å². The van der Waals surface area contributed by atoms with Crippen LogP contribution in [0.15, 0.2) is 18.2 Å². The summed E-state index contributed by atoms with van der Waals surface area (Å²) in [6.07, 6.45) is 0. The molecule has 4 nitrogen and oxygen atoms in total. The van der Waals surface area contributed by atoms with Gasteiger partial charge in [-0.15, -0.1) is 0 Å². The van der Waals surface area contributed by atoms with Gasteiger partial charge in [-0.05, 0) is 18.1 Å². The molecular weight excluding hydrogens is 247 g/mol. The third kappa shape index (κ3) is 3.44. The molecule has 1 rings (SSSR count). The predicted molar refractivity (Wildman–Crippen MR) is 73.7 cm³/mol. The Morgan fingerprint density at radius 1 is 1.47 bits per heavy atom. The first-order valence-electron chi connectivity index (χ1n) is 6.23. The van der Waals surface area contributed by atoms with Crippen molar-refractivity contribution in [3.63, 3.8) is 0 Å². The highest BCUT2D eigenvalue weighted by molar-refractivity contribution is 5.96.